The number of alkyl halides is 3. The molecule has 0 spiro atoms. The van der Waals surface area contributed by atoms with Gasteiger partial charge in [-0.2, -0.15) is 13.2 Å². The third-order valence-corrected chi connectivity index (χ3v) is 1.28. The van der Waals surface area contributed by atoms with Crippen LogP contribution in [0.3, 0.4) is 0 Å². The van der Waals surface area contributed by atoms with Gasteiger partial charge < -0.3 is 11.1 Å². The van der Waals surface area contributed by atoms with Gasteiger partial charge in [-0.05, 0) is 13.0 Å². The number of hydrogen-bond acceptors (Lipinski definition) is 2. The van der Waals surface area contributed by atoms with Gasteiger partial charge in [0.05, 0.1) is 6.54 Å². The van der Waals surface area contributed by atoms with Crippen LogP contribution in [0.15, 0.2) is 12.2 Å². The second kappa shape index (κ2) is 4.86. The molecule has 0 radical (unpaired) electrons. The van der Waals surface area contributed by atoms with E-state index in [-0.39, 0.29) is 18.5 Å². The van der Waals surface area contributed by atoms with Crippen molar-refractivity contribution in [3.63, 3.8) is 0 Å². The molecule has 0 aliphatic carbocycles. The second-order valence-corrected chi connectivity index (χ2v) is 2.51. The van der Waals surface area contributed by atoms with Crippen molar-refractivity contribution in [1.82, 2.24) is 5.32 Å². The van der Waals surface area contributed by atoms with Crippen LogP contribution in [0.1, 0.15) is 6.42 Å². The molecule has 1 amide bonds. The number of amides is 1. The standard InChI is InChI=1S/C7H11F3N2O/c1-5(6(11)13)2-3-12-4-7(8,9)10/h12H,1-4H2,(H2,11,13). The van der Waals surface area contributed by atoms with E-state index in [1.165, 1.54) is 0 Å². The second-order valence-electron chi connectivity index (χ2n) is 2.51. The number of carbonyl (C=O) groups excluding carboxylic acids is 1. The van der Waals surface area contributed by atoms with Crippen molar-refractivity contribution in [2.75, 3.05) is 13.1 Å². The number of nitrogens with two attached hydrogens (primary N) is 1. The highest BCUT2D eigenvalue weighted by Gasteiger charge is 2.25. The van der Waals surface area contributed by atoms with E-state index < -0.39 is 18.6 Å². The molecular weight excluding hydrogens is 185 g/mol. The van der Waals surface area contributed by atoms with Gasteiger partial charge in [0.25, 0.3) is 0 Å². The number of halogens is 3. The molecular formula is C7H11F3N2O. The minimum atomic E-state index is -4.23. The molecule has 6 heteroatoms. The SMILES string of the molecule is C=C(CCNCC(F)(F)F)C(N)=O. The Kier molecular flexibility index (Phi) is 4.47. The Labute approximate surface area is 73.8 Å². The van der Waals surface area contributed by atoms with Gasteiger partial charge in [-0.1, -0.05) is 6.58 Å². The van der Waals surface area contributed by atoms with Gasteiger partial charge in [0.1, 0.15) is 0 Å². The van der Waals surface area contributed by atoms with Gasteiger partial charge in [-0.25, -0.2) is 0 Å². The third-order valence-electron chi connectivity index (χ3n) is 1.28. The van der Waals surface area contributed by atoms with Crippen molar-refractivity contribution in [3.8, 4) is 0 Å². The summed E-state index contributed by atoms with van der Waals surface area (Å²) in [6, 6.07) is 0. The fourth-order valence-electron chi connectivity index (χ4n) is 0.593. The predicted molar refractivity (Wildman–Crippen MR) is 41.9 cm³/mol. The Morgan fingerprint density at radius 2 is 2.00 bits per heavy atom. The van der Waals surface area contributed by atoms with Crippen LogP contribution in [0.5, 0.6) is 0 Å². The number of hydrogen-bond donors (Lipinski definition) is 2. The Bertz CT molecular complexity index is 200. The predicted octanol–water partition coefficient (Wildman–Crippen LogP) is 0.570. The first-order valence-corrected chi connectivity index (χ1v) is 3.58. The molecule has 0 aliphatic rings. The maximum absolute atomic E-state index is 11.6. The van der Waals surface area contributed by atoms with Crippen LogP contribution in [0.2, 0.25) is 0 Å². The molecule has 0 fully saturated rings. The zero-order valence-electron chi connectivity index (χ0n) is 6.95. The molecule has 76 valence electrons. The van der Waals surface area contributed by atoms with Crippen LogP contribution in [0.4, 0.5) is 13.2 Å². The molecule has 0 atom stereocenters. The van der Waals surface area contributed by atoms with Crippen molar-refractivity contribution in [2.24, 2.45) is 5.73 Å². The lowest BCUT2D eigenvalue weighted by Gasteiger charge is -2.07. The van der Waals surface area contributed by atoms with Crippen molar-refractivity contribution in [3.05, 3.63) is 12.2 Å². The zero-order valence-corrected chi connectivity index (χ0v) is 6.95. The summed E-state index contributed by atoms with van der Waals surface area (Å²) >= 11 is 0. The summed E-state index contributed by atoms with van der Waals surface area (Å²) in [5, 5.41) is 2.12. The summed E-state index contributed by atoms with van der Waals surface area (Å²) in [5.41, 5.74) is 4.94. The summed E-state index contributed by atoms with van der Waals surface area (Å²) < 4.78 is 34.7. The monoisotopic (exact) mass is 196 g/mol. The van der Waals surface area contributed by atoms with Gasteiger partial charge in [-0.3, -0.25) is 4.79 Å². The van der Waals surface area contributed by atoms with E-state index in [1.54, 1.807) is 0 Å². The molecule has 0 rings (SSSR count). The average Bonchev–Trinajstić information content (AvgIpc) is 1.95. The van der Waals surface area contributed by atoms with Crippen LogP contribution in [-0.4, -0.2) is 25.2 Å². The molecule has 0 aromatic carbocycles. The van der Waals surface area contributed by atoms with Crippen molar-refractivity contribution < 1.29 is 18.0 Å². The number of carbonyl (C=O) groups is 1. The Balaban J connectivity index is 3.47. The van der Waals surface area contributed by atoms with E-state index >= 15 is 0 Å². The van der Waals surface area contributed by atoms with Gasteiger partial charge in [0.2, 0.25) is 5.91 Å². The number of nitrogens with one attached hydrogen (secondary N) is 1. The largest absolute Gasteiger partial charge is 0.401 e. The molecule has 13 heavy (non-hydrogen) atoms. The average molecular weight is 196 g/mol. The minimum Gasteiger partial charge on any atom is -0.366 e. The lowest BCUT2D eigenvalue weighted by molar-refractivity contribution is -0.124. The maximum atomic E-state index is 11.6. The summed E-state index contributed by atoms with van der Waals surface area (Å²) in [4.78, 5) is 10.4. The third kappa shape index (κ3) is 7.32. The van der Waals surface area contributed by atoms with Crippen LogP contribution in [0, 0.1) is 0 Å². The fourth-order valence-corrected chi connectivity index (χ4v) is 0.593. The lowest BCUT2D eigenvalue weighted by Crippen LogP contribution is -2.30. The quantitative estimate of drug-likeness (QED) is 0.499. The molecule has 0 bridgehead atoms. The van der Waals surface area contributed by atoms with Gasteiger partial charge in [0, 0.05) is 5.57 Å². The number of primary amides is 1. The molecule has 0 aliphatic heterocycles. The number of rotatable bonds is 5. The minimum absolute atomic E-state index is 0.0429. The van der Waals surface area contributed by atoms with E-state index in [0.717, 1.165) is 0 Å². The van der Waals surface area contributed by atoms with E-state index in [2.05, 4.69) is 11.9 Å². The first-order valence-electron chi connectivity index (χ1n) is 3.58. The van der Waals surface area contributed by atoms with Crippen LogP contribution in [0.25, 0.3) is 0 Å². The maximum Gasteiger partial charge on any atom is 0.401 e. The van der Waals surface area contributed by atoms with Gasteiger partial charge in [-0.15, -0.1) is 0 Å². The summed E-state index contributed by atoms with van der Waals surface area (Å²) in [5.74, 6) is -0.686. The highest BCUT2D eigenvalue weighted by Crippen LogP contribution is 2.12. The fraction of sp³-hybridized carbons (Fsp3) is 0.571. The van der Waals surface area contributed by atoms with Crippen LogP contribution < -0.4 is 11.1 Å². The van der Waals surface area contributed by atoms with E-state index in [9.17, 15) is 18.0 Å². The molecule has 3 N–H and O–H groups in total. The summed E-state index contributed by atoms with van der Waals surface area (Å²) in [7, 11) is 0. The van der Waals surface area contributed by atoms with E-state index in [1.807, 2.05) is 0 Å². The van der Waals surface area contributed by atoms with Crippen molar-refractivity contribution in [1.29, 1.82) is 0 Å². The van der Waals surface area contributed by atoms with Crippen molar-refractivity contribution >= 4 is 5.91 Å². The van der Waals surface area contributed by atoms with Crippen molar-refractivity contribution in [2.45, 2.75) is 12.6 Å². The summed E-state index contributed by atoms with van der Waals surface area (Å²) in [6.45, 7) is 2.26. The van der Waals surface area contributed by atoms with Gasteiger partial charge in [0.15, 0.2) is 0 Å². The highest BCUT2D eigenvalue weighted by molar-refractivity contribution is 5.91. The Morgan fingerprint density at radius 3 is 2.38 bits per heavy atom. The van der Waals surface area contributed by atoms with Crippen LogP contribution in [-0.2, 0) is 4.79 Å². The highest BCUT2D eigenvalue weighted by atomic mass is 19.4. The molecule has 0 unspecified atom stereocenters. The molecule has 3 nitrogen and oxygen atoms in total. The van der Waals surface area contributed by atoms with E-state index in [4.69, 9.17) is 5.73 Å². The topological polar surface area (TPSA) is 55.1 Å². The summed E-state index contributed by atoms with van der Waals surface area (Å²) in [6.07, 6.45) is -4.10. The molecule has 0 heterocycles. The zero-order chi connectivity index (χ0) is 10.5. The smallest absolute Gasteiger partial charge is 0.366 e. The lowest BCUT2D eigenvalue weighted by atomic mass is 10.2. The first-order chi connectivity index (χ1) is 5.83. The first kappa shape index (κ1) is 12.0. The Morgan fingerprint density at radius 1 is 1.46 bits per heavy atom. The molecule has 0 saturated carbocycles. The molecule has 0 saturated heterocycles. The van der Waals surface area contributed by atoms with E-state index in [0.29, 0.717) is 0 Å². The normalized spacial score (nSPS) is 11.3. The Hall–Kier alpha value is -1.04. The molecule has 0 aromatic heterocycles. The molecule has 0 aromatic rings. The van der Waals surface area contributed by atoms with Gasteiger partial charge >= 0.3 is 6.18 Å². The van der Waals surface area contributed by atoms with Crippen LogP contribution >= 0.6 is 0 Å².